The first-order valence-corrected chi connectivity index (χ1v) is 7.14. The first-order valence-electron chi connectivity index (χ1n) is 6.06. The van der Waals surface area contributed by atoms with Crippen LogP contribution in [0.15, 0.2) is 41.6 Å². The molecule has 110 valence electrons. The molecule has 6 heteroatoms. The van der Waals surface area contributed by atoms with Crippen molar-refractivity contribution >= 4 is 28.8 Å². The molecule has 2 aromatic carbocycles. The monoisotopic (exact) mass is 401 g/mol. The highest BCUT2D eigenvalue weighted by atomic mass is 127. The molecule has 0 atom stereocenters. The Balaban J connectivity index is 2.20. The van der Waals surface area contributed by atoms with Crippen molar-refractivity contribution in [1.29, 1.82) is 0 Å². The van der Waals surface area contributed by atoms with Crippen LogP contribution in [0.4, 0.5) is 4.39 Å². The fraction of sp³-hybridized carbons (Fsp3) is 0.133. The summed E-state index contributed by atoms with van der Waals surface area (Å²) in [5.74, 6) is 0.856. The predicted molar refractivity (Wildman–Crippen MR) is 85.8 cm³/mol. The fourth-order valence-electron chi connectivity index (χ4n) is 1.76. The summed E-state index contributed by atoms with van der Waals surface area (Å²) in [4.78, 5) is 0. The van der Waals surface area contributed by atoms with Crippen molar-refractivity contribution in [2.24, 2.45) is 5.16 Å². The highest BCUT2D eigenvalue weighted by Crippen LogP contribution is 2.34. The summed E-state index contributed by atoms with van der Waals surface area (Å²) in [6.07, 6.45) is 1.31. The standard InChI is InChI=1S/C15H13FINO3/c1-20-14-7-11(8-18-19)6-13(17)15(14)21-9-10-2-4-12(16)5-3-10/h2-8,19H,9H2,1H3. The van der Waals surface area contributed by atoms with Crippen LogP contribution in [0.5, 0.6) is 11.5 Å². The third-order valence-corrected chi connectivity index (χ3v) is 3.56. The van der Waals surface area contributed by atoms with Gasteiger partial charge in [0.2, 0.25) is 0 Å². The van der Waals surface area contributed by atoms with E-state index in [9.17, 15) is 4.39 Å². The lowest BCUT2D eigenvalue weighted by atomic mass is 10.2. The van der Waals surface area contributed by atoms with Gasteiger partial charge in [-0.25, -0.2) is 4.39 Å². The van der Waals surface area contributed by atoms with Crippen LogP contribution in [0.2, 0.25) is 0 Å². The van der Waals surface area contributed by atoms with Crippen LogP contribution >= 0.6 is 22.6 Å². The van der Waals surface area contributed by atoms with E-state index in [-0.39, 0.29) is 5.82 Å². The topological polar surface area (TPSA) is 51.0 Å². The van der Waals surface area contributed by atoms with Crippen LogP contribution in [-0.2, 0) is 6.61 Å². The summed E-state index contributed by atoms with van der Waals surface area (Å²) >= 11 is 2.11. The molecule has 0 spiro atoms. The molecule has 0 unspecified atom stereocenters. The zero-order valence-corrected chi connectivity index (χ0v) is 13.4. The second-order valence-electron chi connectivity index (χ2n) is 4.19. The summed E-state index contributed by atoms with van der Waals surface area (Å²) in [5, 5.41) is 11.6. The minimum absolute atomic E-state index is 0.279. The van der Waals surface area contributed by atoms with E-state index in [1.807, 2.05) is 6.07 Å². The average molecular weight is 401 g/mol. The van der Waals surface area contributed by atoms with Gasteiger partial charge in [-0.05, 0) is 52.4 Å². The van der Waals surface area contributed by atoms with Crippen molar-refractivity contribution in [2.75, 3.05) is 7.11 Å². The van der Waals surface area contributed by atoms with Gasteiger partial charge in [0, 0.05) is 5.56 Å². The van der Waals surface area contributed by atoms with Crippen molar-refractivity contribution in [3.05, 3.63) is 56.9 Å². The molecule has 2 aromatic rings. The molecule has 0 heterocycles. The van der Waals surface area contributed by atoms with Crippen LogP contribution < -0.4 is 9.47 Å². The lowest BCUT2D eigenvalue weighted by Crippen LogP contribution is -2.01. The van der Waals surface area contributed by atoms with Crippen molar-refractivity contribution in [3.8, 4) is 11.5 Å². The zero-order valence-electron chi connectivity index (χ0n) is 11.2. The second kappa shape index (κ2) is 7.26. The minimum Gasteiger partial charge on any atom is -0.493 e. The quantitative estimate of drug-likeness (QED) is 0.359. The maximum absolute atomic E-state index is 12.9. The SMILES string of the molecule is COc1cc(C=NO)cc(I)c1OCc1ccc(F)cc1. The molecule has 0 aliphatic heterocycles. The Bertz CT molecular complexity index is 644. The maximum atomic E-state index is 12.9. The van der Waals surface area contributed by atoms with E-state index in [4.69, 9.17) is 14.7 Å². The molecule has 0 aliphatic carbocycles. The number of ether oxygens (including phenoxy) is 2. The Hall–Kier alpha value is -1.83. The van der Waals surface area contributed by atoms with Crippen LogP contribution in [0.1, 0.15) is 11.1 Å². The highest BCUT2D eigenvalue weighted by molar-refractivity contribution is 14.1. The van der Waals surface area contributed by atoms with E-state index in [0.29, 0.717) is 23.7 Å². The molecular formula is C15H13FINO3. The number of nitrogens with zero attached hydrogens (tertiary/aromatic N) is 1. The Labute approximate surface area is 135 Å². The molecule has 0 fully saturated rings. The third kappa shape index (κ3) is 4.07. The highest BCUT2D eigenvalue weighted by Gasteiger charge is 2.11. The minimum atomic E-state index is -0.279. The van der Waals surface area contributed by atoms with Crippen molar-refractivity contribution in [2.45, 2.75) is 6.61 Å². The van der Waals surface area contributed by atoms with Gasteiger partial charge in [0.15, 0.2) is 11.5 Å². The number of benzene rings is 2. The molecule has 0 saturated carbocycles. The second-order valence-corrected chi connectivity index (χ2v) is 5.36. The Morgan fingerprint density at radius 3 is 2.62 bits per heavy atom. The first kappa shape index (κ1) is 15.6. The molecule has 0 amide bonds. The zero-order chi connectivity index (χ0) is 15.2. The Morgan fingerprint density at radius 2 is 2.00 bits per heavy atom. The Morgan fingerprint density at radius 1 is 1.29 bits per heavy atom. The normalized spacial score (nSPS) is 10.8. The molecule has 1 N–H and O–H groups in total. The molecule has 4 nitrogen and oxygen atoms in total. The Kier molecular flexibility index (Phi) is 5.38. The first-order chi connectivity index (χ1) is 10.1. The van der Waals surface area contributed by atoms with Gasteiger partial charge in [-0.2, -0.15) is 0 Å². The lowest BCUT2D eigenvalue weighted by molar-refractivity contribution is 0.282. The van der Waals surface area contributed by atoms with Gasteiger partial charge >= 0.3 is 0 Å². The van der Waals surface area contributed by atoms with Crippen molar-refractivity contribution < 1.29 is 19.1 Å². The smallest absolute Gasteiger partial charge is 0.174 e. The fourth-order valence-corrected chi connectivity index (χ4v) is 2.54. The van der Waals surface area contributed by atoms with Gasteiger partial charge in [0.25, 0.3) is 0 Å². The van der Waals surface area contributed by atoms with Gasteiger partial charge in [-0.15, -0.1) is 0 Å². The number of halogens is 2. The van der Waals surface area contributed by atoms with E-state index < -0.39 is 0 Å². The maximum Gasteiger partial charge on any atom is 0.174 e. The lowest BCUT2D eigenvalue weighted by Gasteiger charge is -2.13. The molecule has 0 saturated heterocycles. The summed E-state index contributed by atoms with van der Waals surface area (Å²) in [7, 11) is 1.54. The number of methoxy groups -OCH3 is 1. The van der Waals surface area contributed by atoms with Crippen LogP contribution in [0.25, 0.3) is 0 Å². The van der Waals surface area contributed by atoms with Gasteiger partial charge in [-0.1, -0.05) is 17.3 Å². The predicted octanol–water partition coefficient (Wildman–Crippen LogP) is 3.83. The van der Waals surface area contributed by atoms with Crippen LogP contribution in [0.3, 0.4) is 0 Å². The number of hydrogen-bond donors (Lipinski definition) is 1. The number of rotatable bonds is 5. The van der Waals surface area contributed by atoms with Crippen LogP contribution in [-0.4, -0.2) is 18.5 Å². The van der Waals surface area contributed by atoms with E-state index >= 15 is 0 Å². The summed E-state index contributed by atoms with van der Waals surface area (Å²) in [6.45, 7) is 0.306. The number of hydrogen-bond acceptors (Lipinski definition) is 4. The molecule has 0 aromatic heterocycles. The molecule has 0 radical (unpaired) electrons. The van der Waals surface area contributed by atoms with Gasteiger partial charge < -0.3 is 14.7 Å². The molecule has 21 heavy (non-hydrogen) atoms. The third-order valence-electron chi connectivity index (χ3n) is 2.76. The summed E-state index contributed by atoms with van der Waals surface area (Å²) < 4.78 is 24.7. The van der Waals surface area contributed by atoms with E-state index in [2.05, 4.69) is 27.7 Å². The van der Waals surface area contributed by atoms with Crippen LogP contribution in [0, 0.1) is 9.39 Å². The molecular weight excluding hydrogens is 388 g/mol. The molecule has 2 rings (SSSR count). The summed E-state index contributed by atoms with van der Waals surface area (Å²) in [6, 6.07) is 9.64. The average Bonchev–Trinajstić information content (AvgIpc) is 2.47. The van der Waals surface area contributed by atoms with Crippen molar-refractivity contribution in [1.82, 2.24) is 0 Å². The van der Waals surface area contributed by atoms with E-state index in [0.717, 1.165) is 9.13 Å². The van der Waals surface area contributed by atoms with Crippen molar-refractivity contribution in [3.63, 3.8) is 0 Å². The van der Waals surface area contributed by atoms with Gasteiger partial charge in [-0.3, -0.25) is 0 Å². The summed E-state index contributed by atoms with van der Waals surface area (Å²) in [5.41, 5.74) is 1.56. The van der Waals surface area contributed by atoms with E-state index in [1.54, 1.807) is 18.2 Å². The molecule has 0 aliphatic rings. The number of oxime groups is 1. The molecule has 0 bridgehead atoms. The van der Waals surface area contributed by atoms with E-state index in [1.165, 1.54) is 25.5 Å². The van der Waals surface area contributed by atoms with Gasteiger partial charge in [0.1, 0.15) is 12.4 Å². The largest absolute Gasteiger partial charge is 0.493 e. The van der Waals surface area contributed by atoms with Gasteiger partial charge in [0.05, 0.1) is 16.9 Å².